The van der Waals surface area contributed by atoms with Gasteiger partial charge in [0, 0.05) is 17.6 Å². The lowest BCUT2D eigenvalue weighted by atomic mass is 10.1. The zero-order valence-electron chi connectivity index (χ0n) is 13.3. The molecule has 0 aliphatic heterocycles. The van der Waals surface area contributed by atoms with E-state index in [9.17, 15) is 9.59 Å². The Bertz CT molecular complexity index is 917. The molecule has 0 aliphatic rings. The van der Waals surface area contributed by atoms with Crippen molar-refractivity contribution in [1.82, 2.24) is 10.3 Å². The van der Waals surface area contributed by atoms with Crippen LogP contribution in [0.4, 0.5) is 4.79 Å². The number of fused-ring (bicyclic) bond motifs is 1. The third-order valence-corrected chi connectivity index (χ3v) is 3.74. The number of nitrogens with one attached hydrogen (secondary N) is 2. The van der Waals surface area contributed by atoms with Crippen molar-refractivity contribution < 1.29 is 9.53 Å². The summed E-state index contributed by atoms with van der Waals surface area (Å²) >= 11 is 0. The summed E-state index contributed by atoms with van der Waals surface area (Å²) in [7, 11) is 0. The van der Waals surface area contributed by atoms with E-state index in [0.717, 1.165) is 22.0 Å². The van der Waals surface area contributed by atoms with Gasteiger partial charge in [-0.05, 0) is 41.6 Å². The number of ether oxygens (including phenoxy) is 1. The predicted octanol–water partition coefficient (Wildman–Crippen LogP) is 3.26. The molecule has 0 fully saturated rings. The molecule has 1 aromatic heterocycles. The van der Waals surface area contributed by atoms with Gasteiger partial charge in [-0.15, -0.1) is 0 Å². The molecule has 0 atom stereocenters. The number of benzene rings is 2. The van der Waals surface area contributed by atoms with Crippen LogP contribution in [0.3, 0.4) is 0 Å². The first-order valence-corrected chi connectivity index (χ1v) is 7.69. The number of amides is 1. The van der Waals surface area contributed by atoms with Gasteiger partial charge < -0.3 is 15.0 Å². The molecule has 0 bridgehead atoms. The highest BCUT2D eigenvalue weighted by atomic mass is 16.5. The normalized spacial score (nSPS) is 10.5. The van der Waals surface area contributed by atoms with Gasteiger partial charge in [0.2, 0.25) is 0 Å². The summed E-state index contributed by atoms with van der Waals surface area (Å²) in [6.07, 6.45) is -0.461. The number of aromatic amines is 1. The smallest absolute Gasteiger partial charge is 0.407 e. The lowest BCUT2D eigenvalue weighted by Gasteiger charge is -2.08. The zero-order chi connectivity index (χ0) is 16.9. The van der Waals surface area contributed by atoms with Crippen LogP contribution in [0.15, 0.2) is 59.4 Å². The van der Waals surface area contributed by atoms with Crippen molar-refractivity contribution in [2.45, 2.75) is 20.1 Å². The average Bonchev–Trinajstić information content (AvgIpc) is 2.60. The molecule has 24 heavy (non-hydrogen) atoms. The molecule has 0 aliphatic carbocycles. The predicted molar refractivity (Wildman–Crippen MR) is 92.8 cm³/mol. The molecule has 0 saturated carbocycles. The van der Waals surface area contributed by atoms with Crippen LogP contribution < -0.4 is 10.9 Å². The minimum Gasteiger partial charge on any atom is -0.445 e. The van der Waals surface area contributed by atoms with Gasteiger partial charge in [-0.1, -0.05) is 36.4 Å². The highest BCUT2D eigenvalue weighted by molar-refractivity contribution is 5.79. The second-order valence-electron chi connectivity index (χ2n) is 5.62. The minimum absolute atomic E-state index is 0.0853. The number of carbonyl (C=O) groups excluding carboxylic acids is 1. The van der Waals surface area contributed by atoms with Gasteiger partial charge in [0.1, 0.15) is 6.61 Å². The Morgan fingerprint density at radius 2 is 1.88 bits per heavy atom. The van der Waals surface area contributed by atoms with Crippen LogP contribution in [0.1, 0.15) is 16.7 Å². The summed E-state index contributed by atoms with van der Waals surface area (Å²) in [5.74, 6) is 0. The Morgan fingerprint density at radius 3 is 2.67 bits per heavy atom. The first kappa shape index (κ1) is 15.8. The average molecular weight is 322 g/mol. The van der Waals surface area contributed by atoms with Crippen molar-refractivity contribution in [2.24, 2.45) is 0 Å². The molecule has 0 unspecified atom stereocenters. The molecule has 5 nitrogen and oxygen atoms in total. The maximum atomic E-state index is 11.8. The van der Waals surface area contributed by atoms with E-state index in [-0.39, 0.29) is 12.2 Å². The summed E-state index contributed by atoms with van der Waals surface area (Å²) in [5.41, 5.74) is 3.23. The number of hydrogen-bond acceptors (Lipinski definition) is 3. The number of aromatic nitrogens is 1. The number of hydrogen-bond donors (Lipinski definition) is 2. The fourth-order valence-electron chi connectivity index (χ4n) is 2.42. The number of H-pyrrole nitrogens is 1. The fraction of sp³-hybridized carbons (Fsp3) is 0.158. The molecule has 1 heterocycles. The number of carbonyl (C=O) groups is 1. The molecule has 5 heteroatoms. The molecule has 122 valence electrons. The molecule has 1 amide bonds. The number of pyridine rings is 1. The van der Waals surface area contributed by atoms with Crippen LogP contribution in [0.5, 0.6) is 0 Å². The van der Waals surface area contributed by atoms with Gasteiger partial charge in [0.15, 0.2) is 0 Å². The van der Waals surface area contributed by atoms with Crippen LogP contribution in [0.25, 0.3) is 10.9 Å². The van der Waals surface area contributed by atoms with Crippen LogP contribution in [0, 0.1) is 6.92 Å². The van der Waals surface area contributed by atoms with Crippen molar-refractivity contribution in [3.05, 3.63) is 81.6 Å². The molecule has 2 N–H and O–H groups in total. The van der Waals surface area contributed by atoms with Crippen molar-refractivity contribution in [1.29, 1.82) is 0 Å². The lowest BCUT2D eigenvalue weighted by molar-refractivity contribution is 0.139. The topological polar surface area (TPSA) is 71.2 Å². The monoisotopic (exact) mass is 322 g/mol. The quantitative estimate of drug-likeness (QED) is 0.774. The Labute approximate surface area is 139 Å². The summed E-state index contributed by atoms with van der Waals surface area (Å²) in [6, 6.07) is 17.0. The van der Waals surface area contributed by atoms with E-state index in [0.29, 0.717) is 12.1 Å². The number of rotatable bonds is 4. The van der Waals surface area contributed by atoms with E-state index in [1.165, 1.54) is 0 Å². The second kappa shape index (κ2) is 7.00. The number of aryl methyl sites for hydroxylation is 1. The van der Waals surface area contributed by atoms with Crippen LogP contribution >= 0.6 is 0 Å². The van der Waals surface area contributed by atoms with Crippen molar-refractivity contribution in [2.75, 3.05) is 0 Å². The molecule has 2 aromatic carbocycles. The van der Waals surface area contributed by atoms with Crippen LogP contribution in [-0.2, 0) is 17.9 Å². The highest BCUT2D eigenvalue weighted by Gasteiger charge is 2.04. The number of alkyl carbamates (subject to hydrolysis) is 1. The summed E-state index contributed by atoms with van der Waals surface area (Å²) < 4.78 is 5.17. The molecule has 0 radical (unpaired) electrons. The standard InChI is InChI=1S/C19H18N2O3/c1-13-9-16-10-15(7-8-17(16)21-18(13)22)11-20-19(23)24-12-14-5-3-2-4-6-14/h2-10H,11-12H2,1H3,(H,20,23)(H,21,22). The van der Waals surface area contributed by atoms with Gasteiger partial charge in [-0.25, -0.2) is 4.79 Å². The molecular formula is C19H18N2O3. The SMILES string of the molecule is Cc1cc2cc(CNC(=O)OCc3ccccc3)ccc2[nH]c1=O. The molecule has 3 rings (SSSR count). The third-order valence-electron chi connectivity index (χ3n) is 3.74. The molecule has 3 aromatic rings. The zero-order valence-corrected chi connectivity index (χ0v) is 13.3. The van der Waals surface area contributed by atoms with E-state index in [1.54, 1.807) is 6.92 Å². The lowest BCUT2D eigenvalue weighted by Crippen LogP contribution is -2.23. The van der Waals surface area contributed by atoms with E-state index in [1.807, 2.05) is 54.6 Å². The van der Waals surface area contributed by atoms with Gasteiger partial charge in [-0.3, -0.25) is 4.79 Å². The van der Waals surface area contributed by atoms with Gasteiger partial charge in [0.05, 0.1) is 0 Å². The second-order valence-corrected chi connectivity index (χ2v) is 5.62. The van der Waals surface area contributed by atoms with Crippen molar-refractivity contribution >= 4 is 17.0 Å². The van der Waals surface area contributed by atoms with Gasteiger partial charge >= 0.3 is 6.09 Å². The largest absolute Gasteiger partial charge is 0.445 e. The summed E-state index contributed by atoms with van der Waals surface area (Å²) in [6.45, 7) is 2.37. The first-order chi connectivity index (χ1) is 11.6. The van der Waals surface area contributed by atoms with E-state index >= 15 is 0 Å². The first-order valence-electron chi connectivity index (χ1n) is 7.69. The highest BCUT2D eigenvalue weighted by Crippen LogP contribution is 2.13. The Hall–Kier alpha value is -3.08. The van der Waals surface area contributed by atoms with E-state index < -0.39 is 6.09 Å². The van der Waals surface area contributed by atoms with Crippen LogP contribution in [0.2, 0.25) is 0 Å². The Morgan fingerprint density at radius 1 is 1.08 bits per heavy atom. The third kappa shape index (κ3) is 3.81. The summed E-state index contributed by atoms with van der Waals surface area (Å²) in [5, 5.41) is 3.66. The van der Waals surface area contributed by atoms with Gasteiger partial charge in [-0.2, -0.15) is 0 Å². The van der Waals surface area contributed by atoms with Gasteiger partial charge in [0.25, 0.3) is 5.56 Å². The Balaban J connectivity index is 1.60. The molecule has 0 spiro atoms. The van der Waals surface area contributed by atoms with Crippen LogP contribution in [-0.4, -0.2) is 11.1 Å². The van der Waals surface area contributed by atoms with Crippen molar-refractivity contribution in [3.8, 4) is 0 Å². The molecule has 0 saturated heterocycles. The van der Waals surface area contributed by atoms with Crippen molar-refractivity contribution in [3.63, 3.8) is 0 Å². The fourth-order valence-corrected chi connectivity index (χ4v) is 2.42. The van der Waals surface area contributed by atoms with E-state index in [2.05, 4.69) is 10.3 Å². The molecular weight excluding hydrogens is 304 g/mol. The Kier molecular flexibility index (Phi) is 4.61. The summed E-state index contributed by atoms with van der Waals surface area (Å²) in [4.78, 5) is 26.2. The minimum atomic E-state index is -0.461. The maximum Gasteiger partial charge on any atom is 0.407 e. The maximum absolute atomic E-state index is 11.8. The van der Waals surface area contributed by atoms with E-state index in [4.69, 9.17) is 4.74 Å².